The first kappa shape index (κ1) is 14.2. The maximum atomic E-state index is 12.3. The minimum Gasteiger partial charge on any atom is -0.451 e. The van der Waals surface area contributed by atoms with Gasteiger partial charge in [0.2, 0.25) is 5.89 Å². The summed E-state index contributed by atoms with van der Waals surface area (Å²) in [6.45, 7) is 1.98. The lowest BCUT2D eigenvalue weighted by Gasteiger charge is -1.97. The molecule has 0 aliphatic carbocycles. The summed E-state index contributed by atoms with van der Waals surface area (Å²) in [5, 5.41) is 11.2. The molecular formula is C18H13N3O3. The molecular weight excluding hydrogens is 306 g/mol. The van der Waals surface area contributed by atoms with Crippen LogP contribution in [0.15, 0.2) is 63.4 Å². The molecule has 0 saturated carbocycles. The summed E-state index contributed by atoms with van der Waals surface area (Å²) >= 11 is 0. The fraction of sp³-hybridized carbons (Fsp3) is 0.0556. The highest BCUT2D eigenvalue weighted by Crippen LogP contribution is 2.22. The first-order valence-electron chi connectivity index (χ1n) is 7.39. The summed E-state index contributed by atoms with van der Waals surface area (Å²) in [6.07, 6.45) is 0. The van der Waals surface area contributed by atoms with Crippen molar-refractivity contribution in [2.45, 2.75) is 6.92 Å². The predicted octanol–water partition coefficient (Wildman–Crippen LogP) is 4.04. The Morgan fingerprint density at radius 3 is 2.71 bits per heavy atom. The van der Waals surface area contributed by atoms with Gasteiger partial charge in [-0.05, 0) is 31.2 Å². The molecule has 6 heteroatoms. The number of carbonyl (C=O) groups is 1. The highest BCUT2D eigenvalue weighted by atomic mass is 16.4. The first-order valence-corrected chi connectivity index (χ1v) is 7.39. The van der Waals surface area contributed by atoms with Crippen molar-refractivity contribution in [3.05, 3.63) is 65.9 Å². The number of rotatable bonds is 3. The first-order chi connectivity index (χ1) is 11.7. The Kier molecular flexibility index (Phi) is 3.35. The Morgan fingerprint density at radius 1 is 1.00 bits per heavy atom. The number of aryl methyl sites for hydroxylation is 1. The van der Waals surface area contributed by atoms with E-state index in [0.29, 0.717) is 11.5 Å². The summed E-state index contributed by atoms with van der Waals surface area (Å²) in [4.78, 5) is 12.3. The van der Waals surface area contributed by atoms with Crippen molar-refractivity contribution in [3.8, 4) is 11.5 Å². The third kappa shape index (κ3) is 2.65. The molecule has 4 aromatic rings. The zero-order chi connectivity index (χ0) is 16.5. The van der Waals surface area contributed by atoms with E-state index in [1.807, 2.05) is 49.4 Å². The molecule has 0 atom stereocenters. The van der Waals surface area contributed by atoms with E-state index < -0.39 is 5.91 Å². The normalized spacial score (nSPS) is 10.9. The van der Waals surface area contributed by atoms with Gasteiger partial charge in [0.05, 0.1) is 0 Å². The fourth-order valence-electron chi connectivity index (χ4n) is 2.42. The molecule has 0 bridgehead atoms. The van der Waals surface area contributed by atoms with Crippen molar-refractivity contribution in [2.75, 3.05) is 5.32 Å². The number of para-hydroxylation sites is 1. The van der Waals surface area contributed by atoms with E-state index >= 15 is 0 Å². The number of hydrogen-bond donors (Lipinski definition) is 1. The number of nitrogens with zero attached hydrogens (tertiary/aromatic N) is 2. The third-order valence-electron chi connectivity index (χ3n) is 3.56. The molecule has 2 heterocycles. The van der Waals surface area contributed by atoms with Crippen molar-refractivity contribution < 1.29 is 13.6 Å². The van der Waals surface area contributed by atoms with Crippen molar-refractivity contribution in [1.29, 1.82) is 0 Å². The second-order valence-electron chi connectivity index (χ2n) is 5.38. The lowest BCUT2D eigenvalue weighted by atomic mass is 10.1. The molecule has 0 fully saturated rings. The van der Waals surface area contributed by atoms with Crippen LogP contribution in [0.25, 0.3) is 22.4 Å². The van der Waals surface area contributed by atoms with E-state index in [0.717, 1.165) is 16.5 Å². The molecule has 0 aliphatic rings. The molecule has 2 aromatic heterocycles. The fourth-order valence-corrected chi connectivity index (χ4v) is 2.42. The van der Waals surface area contributed by atoms with Crippen molar-refractivity contribution in [1.82, 2.24) is 10.2 Å². The van der Waals surface area contributed by atoms with Crippen LogP contribution in [0.5, 0.6) is 0 Å². The summed E-state index contributed by atoms with van der Waals surface area (Å²) in [5.74, 6) is 0.0933. The second kappa shape index (κ2) is 5.66. The Balaban J connectivity index is 1.56. The predicted molar refractivity (Wildman–Crippen MR) is 88.6 cm³/mol. The van der Waals surface area contributed by atoms with E-state index in [-0.39, 0.29) is 11.8 Å². The van der Waals surface area contributed by atoms with Gasteiger partial charge in [0.1, 0.15) is 5.58 Å². The van der Waals surface area contributed by atoms with Gasteiger partial charge in [-0.25, -0.2) is 0 Å². The molecule has 0 unspecified atom stereocenters. The summed E-state index contributed by atoms with van der Waals surface area (Å²) < 4.78 is 11.0. The topological polar surface area (TPSA) is 81.2 Å². The molecule has 24 heavy (non-hydrogen) atoms. The summed E-state index contributed by atoms with van der Waals surface area (Å²) in [5.41, 5.74) is 2.53. The van der Waals surface area contributed by atoms with Gasteiger partial charge in [-0.1, -0.05) is 41.0 Å². The molecule has 118 valence electrons. The van der Waals surface area contributed by atoms with Gasteiger partial charge in [-0.15, -0.1) is 5.10 Å². The number of carbonyl (C=O) groups excluding carboxylic acids is 1. The molecule has 0 saturated heterocycles. The summed E-state index contributed by atoms with van der Waals surface area (Å²) in [6, 6.07) is 16.8. The highest BCUT2D eigenvalue weighted by molar-refractivity contribution is 6.03. The average molecular weight is 319 g/mol. The maximum Gasteiger partial charge on any atom is 0.322 e. The number of anilines is 1. The van der Waals surface area contributed by atoms with Crippen LogP contribution in [0.4, 0.5) is 6.01 Å². The molecule has 0 aliphatic heterocycles. The van der Waals surface area contributed by atoms with E-state index in [2.05, 4.69) is 15.5 Å². The van der Waals surface area contributed by atoms with Gasteiger partial charge in [0.25, 0.3) is 5.91 Å². The smallest absolute Gasteiger partial charge is 0.322 e. The zero-order valence-corrected chi connectivity index (χ0v) is 12.8. The van der Waals surface area contributed by atoms with E-state index in [1.54, 1.807) is 12.1 Å². The van der Waals surface area contributed by atoms with Crippen LogP contribution in [-0.4, -0.2) is 16.1 Å². The highest BCUT2D eigenvalue weighted by Gasteiger charge is 2.16. The Morgan fingerprint density at radius 2 is 1.88 bits per heavy atom. The monoisotopic (exact) mass is 319 g/mol. The SMILES string of the molecule is Cc1cccc(-c2nnc(NC(=O)c3cc4ccccc4o3)o2)c1. The number of fused-ring (bicyclic) bond motifs is 1. The van der Waals surface area contributed by atoms with Crippen LogP contribution in [0.3, 0.4) is 0 Å². The number of furan rings is 1. The van der Waals surface area contributed by atoms with Gasteiger partial charge >= 0.3 is 6.01 Å². The number of amides is 1. The number of benzene rings is 2. The van der Waals surface area contributed by atoms with Gasteiger partial charge < -0.3 is 8.83 Å². The number of nitrogens with one attached hydrogen (secondary N) is 1. The number of aromatic nitrogens is 2. The van der Waals surface area contributed by atoms with Crippen LogP contribution >= 0.6 is 0 Å². The Bertz CT molecular complexity index is 1000. The molecule has 4 rings (SSSR count). The van der Waals surface area contributed by atoms with Crippen molar-refractivity contribution in [2.24, 2.45) is 0 Å². The van der Waals surface area contributed by atoms with Crippen LogP contribution in [0, 0.1) is 6.92 Å². The Labute approximate surface area is 137 Å². The average Bonchev–Trinajstić information content (AvgIpc) is 3.21. The maximum absolute atomic E-state index is 12.3. The minimum absolute atomic E-state index is 0.0250. The molecule has 6 nitrogen and oxygen atoms in total. The third-order valence-corrected chi connectivity index (χ3v) is 3.56. The molecule has 0 radical (unpaired) electrons. The molecule has 1 amide bonds. The van der Waals surface area contributed by atoms with Crippen LogP contribution in [0.2, 0.25) is 0 Å². The summed E-state index contributed by atoms with van der Waals surface area (Å²) in [7, 11) is 0. The largest absolute Gasteiger partial charge is 0.451 e. The van der Waals surface area contributed by atoms with Crippen LogP contribution in [-0.2, 0) is 0 Å². The van der Waals surface area contributed by atoms with Crippen molar-refractivity contribution in [3.63, 3.8) is 0 Å². The lowest BCUT2D eigenvalue weighted by Crippen LogP contribution is -2.10. The van der Waals surface area contributed by atoms with Crippen LogP contribution in [0.1, 0.15) is 16.1 Å². The second-order valence-corrected chi connectivity index (χ2v) is 5.38. The standard InChI is InChI=1S/C18H13N3O3/c1-11-5-4-7-13(9-11)17-20-21-18(24-17)19-16(22)15-10-12-6-2-3-8-14(12)23-15/h2-10H,1H3,(H,19,21,22). The van der Waals surface area contributed by atoms with Gasteiger partial charge in [-0.2, -0.15) is 0 Å². The number of hydrogen-bond acceptors (Lipinski definition) is 5. The van der Waals surface area contributed by atoms with Crippen molar-refractivity contribution >= 4 is 22.9 Å². The molecule has 0 spiro atoms. The zero-order valence-electron chi connectivity index (χ0n) is 12.8. The van der Waals surface area contributed by atoms with Gasteiger partial charge in [0, 0.05) is 10.9 Å². The van der Waals surface area contributed by atoms with Crippen LogP contribution < -0.4 is 5.32 Å². The molecule has 1 N–H and O–H groups in total. The van der Waals surface area contributed by atoms with E-state index in [1.165, 1.54) is 0 Å². The Hall–Kier alpha value is -3.41. The molecule has 2 aromatic carbocycles. The van der Waals surface area contributed by atoms with E-state index in [9.17, 15) is 4.79 Å². The van der Waals surface area contributed by atoms with E-state index in [4.69, 9.17) is 8.83 Å². The van der Waals surface area contributed by atoms with Gasteiger partial charge in [0.15, 0.2) is 5.76 Å². The minimum atomic E-state index is -0.439. The van der Waals surface area contributed by atoms with Gasteiger partial charge in [-0.3, -0.25) is 10.1 Å². The lowest BCUT2D eigenvalue weighted by molar-refractivity contribution is 0.0996. The quantitative estimate of drug-likeness (QED) is 0.616.